The monoisotopic (exact) mass is 387 g/mol. The first-order chi connectivity index (χ1) is 13.0. The molecule has 3 N–H and O–H groups in total. The van der Waals surface area contributed by atoms with Crippen LogP contribution in [0, 0.1) is 11.8 Å². The van der Waals surface area contributed by atoms with Gasteiger partial charge in [0.2, 0.25) is 0 Å². The van der Waals surface area contributed by atoms with E-state index in [-0.39, 0.29) is 5.91 Å². The number of hydrogen-bond acceptors (Lipinski definition) is 3. The van der Waals surface area contributed by atoms with Gasteiger partial charge in [0.1, 0.15) is 12.4 Å². The molecule has 1 aromatic carbocycles. The summed E-state index contributed by atoms with van der Waals surface area (Å²) in [6.45, 7) is 8.61. The molecule has 1 aliphatic carbocycles. The molecule has 0 radical (unpaired) electrons. The number of rotatable bonds is 6. The highest BCUT2D eigenvalue weighted by molar-refractivity contribution is 7.80. The fourth-order valence-corrected chi connectivity index (χ4v) is 3.35. The minimum Gasteiger partial charge on any atom is -0.490 e. The van der Waals surface area contributed by atoms with Gasteiger partial charge in [0, 0.05) is 12.1 Å². The zero-order valence-corrected chi connectivity index (χ0v) is 16.9. The Morgan fingerprint density at radius 1 is 1.26 bits per heavy atom. The van der Waals surface area contributed by atoms with Crippen molar-refractivity contribution in [2.45, 2.75) is 39.2 Å². The Balaban J connectivity index is 1.74. The fraction of sp³-hybridized carbons (Fsp3) is 0.429. The van der Waals surface area contributed by atoms with Crippen LogP contribution in [0.1, 0.15) is 38.7 Å². The normalized spacial score (nSPS) is 22.1. The number of benzene rings is 1. The molecule has 0 aromatic heterocycles. The number of amides is 1. The third kappa shape index (κ3) is 7.06. The molecule has 3 atom stereocenters. The summed E-state index contributed by atoms with van der Waals surface area (Å²) in [5, 5.41) is 3.76. The van der Waals surface area contributed by atoms with Gasteiger partial charge in [-0.2, -0.15) is 0 Å². The largest absolute Gasteiger partial charge is 0.490 e. The lowest BCUT2D eigenvalue weighted by molar-refractivity contribution is -0.116. The van der Waals surface area contributed by atoms with E-state index in [1.807, 2.05) is 24.3 Å². The van der Waals surface area contributed by atoms with Crippen LogP contribution in [0.15, 0.2) is 43.0 Å². The SMILES string of the molecule is C=CCOc1ccc(/C=C/C(=O)NNC(=S)N[C@H]2CCC[C@@H](C)[C@H]2C)cc1. The highest BCUT2D eigenvalue weighted by Crippen LogP contribution is 2.29. The highest BCUT2D eigenvalue weighted by atomic mass is 32.1. The Bertz CT molecular complexity index is 673. The Hall–Kier alpha value is -2.34. The smallest absolute Gasteiger partial charge is 0.262 e. The topological polar surface area (TPSA) is 62.4 Å². The predicted molar refractivity (Wildman–Crippen MR) is 114 cm³/mol. The summed E-state index contributed by atoms with van der Waals surface area (Å²) in [4.78, 5) is 12.0. The molecule has 6 heteroatoms. The maximum absolute atomic E-state index is 12.0. The second-order valence-corrected chi connectivity index (χ2v) is 7.37. The van der Waals surface area contributed by atoms with Crippen molar-refractivity contribution in [2.24, 2.45) is 11.8 Å². The van der Waals surface area contributed by atoms with Gasteiger partial charge in [0.25, 0.3) is 5.91 Å². The van der Waals surface area contributed by atoms with Crippen molar-refractivity contribution in [3.63, 3.8) is 0 Å². The van der Waals surface area contributed by atoms with E-state index in [0.29, 0.717) is 29.6 Å². The molecule has 27 heavy (non-hydrogen) atoms. The van der Waals surface area contributed by atoms with Crippen LogP contribution in [0.5, 0.6) is 5.75 Å². The van der Waals surface area contributed by atoms with Crippen LogP contribution < -0.4 is 20.9 Å². The van der Waals surface area contributed by atoms with Crippen LogP contribution >= 0.6 is 12.2 Å². The van der Waals surface area contributed by atoms with Crippen molar-refractivity contribution < 1.29 is 9.53 Å². The molecular weight excluding hydrogens is 358 g/mol. The molecule has 0 spiro atoms. The summed E-state index contributed by atoms with van der Waals surface area (Å²) in [5.41, 5.74) is 6.27. The number of carbonyl (C=O) groups excluding carboxylic acids is 1. The predicted octanol–water partition coefficient (Wildman–Crippen LogP) is 3.58. The molecule has 1 saturated carbocycles. The lowest BCUT2D eigenvalue weighted by atomic mass is 9.78. The van der Waals surface area contributed by atoms with Crippen LogP contribution in [0.25, 0.3) is 6.08 Å². The van der Waals surface area contributed by atoms with Crippen LogP contribution in [0.4, 0.5) is 0 Å². The Labute approximate surface area is 167 Å². The van der Waals surface area contributed by atoms with E-state index in [4.69, 9.17) is 17.0 Å². The average molecular weight is 388 g/mol. The summed E-state index contributed by atoms with van der Waals surface area (Å²) < 4.78 is 5.42. The average Bonchev–Trinajstić information content (AvgIpc) is 2.67. The number of thiocarbonyl (C=S) groups is 1. The van der Waals surface area contributed by atoms with E-state index in [0.717, 1.165) is 17.7 Å². The van der Waals surface area contributed by atoms with Crippen molar-refractivity contribution >= 4 is 29.3 Å². The van der Waals surface area contributed by atoms with Crippen molar-refractivity contribution in [1.82, 2.24) is 16.2 Å². The molecule has 1 aliphatic rings. The Morgan fingerprint density at radius 2 is 2.00 bits per heavy atom. The van der Waals surface area contributed by atoms with Gasteiger partial charge < -0.3 is 10.1 Å². The van der Waals surface area contributed by atoms with Crippen molar-refractivity contribution in [2.75, 3.05) is 6.61 Å². The third-order valence-electron chi connectivity index (χ3n) is 5.00. The van der Waals surface area contributed by atoms with Crippen molar-refractivity contribution in [3.05, 3.63) is 48.6 Å². The van der Waals surface area contributed by atoms with E-state index in [9.17, 15) is 4.79 Å². The lowest BCUT2D eigenvalue weighted by Crippen LogP contribution is -2.52. The summed E-state index contributed by atoms with van der Waals surface area (Å²) in [6, 6.07) is 7.82. The summed E-state index contributed by atoms with van der Waals surface area (Å²) in [5.74, 6) is 1.75. The molecule has 5 nitrogen and oxygen atoms in total. The second-order valence-electron chi connectivity index (χ2n) is 6.96. The molecule has 1 amide bonds. The van der Waals surface area contributed by atoms with Gasteiger partial charge in [0.15, 0.2) is 5.11 Å². The number of carbonyl (C=O) groups is 1. The minimum absolute atomic E-state index is 0.267. The minimum atomic E-state index is -0.267. The van der Waals surface area contributed by atoms with Crippen molar-refractivity contribution in [3.8, 4) is 5.75 Å². The zero-order chi connectivity index (χ0) is 19.6. The summed E-state index contributed by atoms with van der Waals surface area (Å²) in [7, 11) is 0. The van der Waals surface area contributed by atoms with Gasteiger partial charge in [-0.3, -0.25) is 15.6 Å². The maximum Gasteiger partial charge on any atom is 0.262 e. The Kier molecular flexibility index (Phi) is 8.33. The fourth-order valence-electron chi connectivity index (χ4n) is 3.15. The number of nitrogens with one attached hydrogen (secondary N) is 3. The first kappa shape index (κ1) is 21.0. The summed E-state index contributed by atoms with van der Waals surface area (Å²) >= 11 is 5.29. The second kappa shape index (κ2) is 10.7. The molecule has 0 unspecified atom stereocenters. The summed E-state index contributed by atoms with van der Waals surface area (Å²) in [6.07, 6.45) is 8.46. The van der Waals surface area contributed by atoms with E-state index in [1.54, 1.807) is 12.2 Å². The molecule has 0 saturated heterocycles. The van der Waals surface area contributed by atoms with Gasteiger partial charge in [-0.15, -0.1) is 0 Å². The van der Waals surface area contributed by atoms with E-state index in [2.05, 4.69) is 36.6 Å². The first-order valence-electron chi connectivity index (χ1n) is 9.38. The van der Waals surface area contributed by atoms with Crippen LogP contribution in [0.2, 0.25) is 0 Å². The van der Waals surface area contributed by atoms with E-state index >= 15 is 0 Å². The van der Waals surface area contributed by atoms with Gasteiger partial charge >= 0.3 is 0 Å². The van der Waals surface area contributed by atoms with Gasteiger partial charge in [-0.1, -0.05) is 51.5 Å². The third-order valence-corrected chi connectivity index (χ3v) is 5.22. The maximum atomic E-state index is 12.0. The quantitative estimate of drug-likeness (QED) is 0.301. The van der Waals surface area contributed by atoms with E-state index < -0.39 is 0 Å². The molecule has 0 heterocycles. The van der Waals surface area contributed by atoms with Crippen LogP contribution in [-0.4, -0.2) is 23.7 Å². The molecule has 0 aliphatic heterocycles. The molecule has 1 fully saturated rings. The van der Waals surface area contributed by atoms with Gasteiger partial charge in [-0.05, 0) is 54.2 Å². The lowest BCUT2D eigenvalue weighted by Gasteiger charge is -2.35. The van der Waals surface area contributed by atoms with Crippen molar-refractivity contribution in [1.29, 1.82) is 0 Å². The van der Waals surface area contributed by atoms with E-state index in [1.165, 1.54) is 18.9 Å². The molecular formula is C21H29N3O2S. The Morgan fingerprint density at radius 3 is 2.70 bits per heavy atom. The number of hydrogen-bond donors (Lipinski definition) is 3. The van der Waals surface area contributed by atoms with Crippen LogP contribution in [0.3, 0.4) is 0 Å². The molecule has 146 valence electrons. The first-order valence-corrected chi connectivity index (χ1v) is 9.78. The molecule has 2 rings (SSSR count). The number of ether oxygens (including phenoxy) is 1. The zero-order valence-electron chi connectivity index (χ0n) is 16.0. The standard InChI is InChI=1S/C21H29N3O2S/c1-4-14-26-18-11-8-17(9-12-18)10-13-20(25)23-24-21(27)22-19-7-5-6-15(2)16(19)3/h4,8-13,15-16,19H,1,5-7,14H2,2-3H3,(H,23,25)(H2,22,24,27)/b13-10+/t15-,16-,19+/m1/s1. The van der Waals surface area contributed by atoms with Gasteiger partial charge in [0.05, 0.1) is 0 Å². The molecule has 0 bridgehead atoms. The van der Waals surface area contributed by atoms with Gasteiger partial charge in [-0.25, -0.2) is 0 Å². The molecule has 1 aromatic rings. The number of hydrazine groups is 1. The highest BCUT2D eigenvalue weighted by Gasteiger charge is 2.27. The van der Waals surface area contributed by atoms with Crippen LogP contribution in [-0.2, 0) is 4.79 Å².